The van der Waals surface area contributed by atoms with Gasteiger partial charge in [0.2, 0.25) is 0 Å². The minimum absolute atomic E-state index is 0.199. The zero-order valence-electron chi connectivity index (χ0n) is 9.51. The summed E-state index contributed by atoms with van der Waals surface area (Å²) in [6, 6.07) is 0. The minimum Gasteiger partial charge on any atom is -0.353 e. The first-order chi connectivity index (χ1) is 6.74. The average Bonchev–Trinajstić information content (AvgIpc) is 2.22. The van der Waals surface area contributed by atoms with Gasteiger partial charge in [0.25, 0.3) is 0 Å². The third kappa shape index (κ3) is 6.86. The molecule has 0 heterocycles. The molecule has 84 valence electrons. The third-order valence-corrected chi connectivity index (χ3v) is 1.86. The lowest BCUT2D eigenvalue weighted by molar-refractivity contribution is -0.205. The Morgan fingerprint density at radius 2 is 2.00 bits per heavy atom. The van der Waals surface area contributed by atoms with Crippen molar-refractivity contribution in [3.63, 3.8) is 0 Å². The van der Waals surface area contributed by atoms with Crippen LogP contribution >= 0.6 is 0 Å². The van der Waals surface area contributed by atoms with Crippen LogP contribution in [0.1, 0.15) is 46.5 Å². The van der Waals surface area contributed by atoms with Crippen molar-refractivity contribution >= 4 is 5.97 Å². The van der Waals surface area contributed by atoms with E-state index in [1.54, 1.807) is 6.92 Å². The molecule has 0 bridgehead atoms. The summed E-state index contributed by atoms with van der Waals surface area (Å²) in [5.41, 5.74) is 3.06. The lowest BCUT2D eigenvalue weighted by Gasteiger charge is -2.19. The molecule has 0 saturated carbocycles. The van der Waals surface area contributed by atoms with Crippen molar-refractivity contribution in [3.8, 4) is 0 Å². The van der Waals surface area contributed by atoms with Gasteiger partial charge in [0, 0.05) is 19.5 Å². The molecule has 0 aliphatic rings. The van der Waals surface area contributed by atoms with Crippen LogP contribution in [0, 0.1) is 0 Å². The molecule has 0 saturated heterocycles. The Balaban J connectivity index is 3.52. The Hall–Kier alpha value is -0.610. The molecule has 0 rings (SSSR count). The molecular formula is C10H22N2O2. The van der Waals surface area contributed by atoms with E-state index in [1.165, 1.54) is 18.0 Å². The summed E-state index contributed by atoms with van der Waals surface area (Å²) >= 11 is 0. The van der Waals surface area contributed by atoms with Gasteiger partial charge in [-0.05, 0) is 13.3 Å². The first kappa shape index (κ1) is 13.4. The van der Waals surface area contributed by atoms with E-state index in [2.05, 4.69) is 12.3 Å². The fourth-order valence-corrected chi connectivity index (χ4v) is 0.975. The predicted octanol–water partition coefficient (Wildman–Crippen LogP) is 1.87. The second kappa shape index (κ2) is 8.97. The third-order valence-electron chi connectivity index (χ3n) is 1.86. The Bertz CT molecular complexity index is 151. The van der Waals surface area contributed by atoms with Gasteiger partial charge in [-0.1, -0.05) is 31.9 Å². The topological polar surface area (TPSA) is 41.6 Å². The van der Waals surface area contributed by atoms with E-state index in [1.807, 2.05) is 6.92 Å². The highest BCUT2D eigenvalue weighted by Crippen LogP contribution is 1.94. The van der Waals surface area contributed by atoms with Crippen LogP contribution in [0.2, 0.25) is 0 Å². The average molecular weight is 202 g/mol. The molecule has 4 nitrogen and oxygen atoms in total. The normalized spacial score (nSPS) is 10.6. The number of rotatable bonds is 8. The van der Waals surface area contributed by atoms with Crippen molar-refractivity contribution in [2.45, 2.75) is 46.5 Å². The summed E-state index contributed by atoms with van der Waals surface area (Å²) in [4.78, 5) is 16.0. The van der Waals surface area contributed by atoms with Gasteiger partial charge in [0.1, 0.15) is 0 Å². The molecule has 0 aromatic carbocycles. The molecule has 0 atom stereocenters. The van der Waals surface area contributed by atoms with E-state index in [9.17, 15) is 4.79 Å². The maximum atomic E-state index is 11.0. The van der Waals surface area contributed by atoms with Gasteiger partial charge in [0.15, 0.2) is 0 Å². The Morgan fingerprint density at radius 3 is 2.50 bits per heavy atom. The summed E-state index contributed by atoms with van der Waals surface area (Å²) in [5, 5.41) is 1.50. The standard InChI is InChI=1S/C10H22N2O2/c1-4-7-8-9-11-12(6-3)14-10(13)5-2/h11H,4-9H2,1-3H3. The van der Waals surface area contributed by atoms with E-state index in [0.29, 0.717) is 13.0 Å². The summed E-state index contributed by atoms with van der Waals surface area (Å²) in [6.07, 6.45) is 3.92. The molecule has 4 heteroatoms. The highest BCUT2D eigenvalue weighted by molar-refractivity contribution is 5.68. The second-order valence-corrected chi connectivity index (χ2v) is 3.13. The highest BCUT2D eigenvalue weighted by Gasteiger charge is 2.06. The second-order valence-electron chi connectivity index (χ2n) is 3.13. The predicted molar refractivity (Wildman–Crippen MR) is 56.3 cm³/mol. The summed E-state index contributed by atoms with van der Waals surface area (Å²) in [6.45, 7) is 7.41. The zero-order chi connectivity index (χ0) is 10.8. The first-order valence-corrected chi connectivity index (χ1v) is 5.46. The van der Waals surface area contributed by atoms with Crippen LogP contribution < -0.4 is 5.43 Å². The molecule has 0 aliphatic heterocycles. The number of hydrazine groups is 1. The van der Waals surface area contributed by atoms with Gasteiger partial charge in [-0.15, -0.1) is 0 Å². The van der Waals surface area contributed by atoms with E-state index in [-0.39, 0.29) is 5.97 Å². The van der Waals surface area contributed by atoms with Crippen LogP contribution in [0.4, 0.5) is 0 Å². The molecule has 0 amide bonds. The number of hydrogen-bond donors (Lipinski definition) is 1. The van der Waals surface area contributed by atoms with Crippen molar-refractivity contribution in [3.05, 3.63) is 0 Å². The Kier molecular flexibility index (Phi) is 8.57. The largest absolute Gasteiger partial charge is 0.353 e. The van der Waals surface area contributed by atoms with Crippen LogP contribution in [0.5, 0.6) is 0 Å². The van der Waals surface area contributed by atoms with Crippen LogP contribution in [0.15, 0.2) is 0 Å². The molecule has 0 aliphatic carbocycles. The van der Waals surface area contributed by atoms with Crippen molar-refractivity contribution < 1.29 is 9.63 Å². The number of hydrogen-bond acceptors (Lipinski definition) is 4. The molecule has 0 spiro atoms. The zero-order valence-corrected chi connectivity index (χ0v) is 9.51. The van der Waals surface area contributed by atoms with E-state index in [4.69, 9.17) is 4.84 Å². The van der Waals surface area contributed by atoms with E-state index >= 15 is 0 Å². The van der Waals surface area contributed by atoms with Crippen LogP contribution in [0.3, 0.4) is 0 Å². The molecule has 0 aromatic heterocycles. The van der Waals surface area contributed by atoms with Crippen LogP contribution in [-0.2, 0) is 9.63 Å². The van der Waals surface area contributed by atoms with Gasteiger partial charge in [-0.2, -0.15) is 0 Å². The quantitative estimate of drug-likeness (QED) is 0.482. The van der Waals surface area contributed by atoms with E-state index in [0.717, 1.165) is 13.0 Å². The number of carbonyl (C=O) groups is 1. The first-order valence-electron chi connectivity index (χ1n) is 5.46. The van der Waals surface area contributed by atoms with Crippen molar-refractivity contribution in [1.29, 1.82) is 0 Å². The van der Waals surface area contributed by atoms with Crippen molar-refractivity contribution in [2.75, 3.05) is 13.1 Å². The maximum Gasteiger partial charge on any atom is 0.326 e. The monoisotopic (exact) mass is 202 g/mol. The molecule has 0 aromatic rings. The fourth-order valence-electron chi connectivity index (χ4n) is 0.975. The van der Waals surface area contributed by atoms with Gasteiger partial charge in [-0.25, -0.2) is 5.43 Å². The fraction of sp³-hybridized carbons (Fsp3) is 0.900. The molecule has 1 N–H and O–H groups in total. The number of nitrogens with zero attached hydrogens (tertiary/aromatic N) is 1. The molecule has 0 fully saturated rings. The minimum atomic E-state index is -0.199. The maximum absolute atomic E-state index is 11.0. The van der Waals surface area contributed by atoms with Gasteiger partial charge in [-0.3, -0.25) is 4.79 Å². The number of hydroxylamine groups is 1. The SMILES string of the molecule is CCCCCNN(CC)OC(=O)CC. The van der Waals surface area contributed by atoms with Crippen LogP contribution in [0.25, 0.3) is 0 Å². The Labute approximate surface area is 86.5 Å². The smallest absolute Gasteiger partial charge is 0.326 e. The van der Waals surface area contributed by atoms with Gasteiger partial charge >= 0.3 is 5.97 Å². The van der Waals surface area contributed by atoms with Crippen LogP contribution in [-0.4, -0.2) is 24.2 Å². The summed E-state index contributed by atoms with van der Waals surface area (Å²) in [7, 11) is 0. The number of carbonyl (C=O) groups excluding carboxylic acids is 1. The van der Waals surface area contributed by atoms with Gasteiger partial charge < -0.3 is 4.84 Å². The summed E-state index contributed by atoms with van der Waals surface area (Å²) in [5.74, 6) is -0.199. The molecule has 14 heavy (non-hydrogen) atoms. The van der Waals surface area contributed by atoms with E-state index < -0.39 is 0 Å². The summed E-state index contributed by atoms with van der Waals surface area (Å²) < 4.78 is 0. The number of unbranched alkanes of at least 4 members (excludes halogenated alkanes) is 2. The molecular weight excluding hydrogens is 180 g/mol. The van der Waals surface area contributed by atoms with Gasteiger partial charge in [0.05, 0.1) is 0 Å². The lowest BCUT2D eigenvalue weighted by atomic mass is 10.2. The lowest BCUT2D eigenvalue weighted by Crippen LogP contribution is -2.40. The highest BCUT2D eigenvalue weighted by atomic mass is 16.7. The Morgan fingerprint density at radius 1 is 1.29 bits per heavy atom. The molecule has 0 radical (unpaired) electrons. The molecule has 0 unspecified atom stereocenters. The van der Waals surface area contributed by atoms with Crippen molar-refractivity contribution in [2.24, 2.45) is 0 Å². The number of nitrogens with one attached hydrogen (secondary N) is 1. The van der Waals surface area contributed by atoms with Crippen molar-refractivity contribution in [1.82, 2.24) is 10.6 Å².